The number of nitrogens with one attached hydrogen (secondary N) is 1. The van der Waals surface area contributed by atoms with E-state index in [9.17, 15) is 9.18 Å². The van der Waals surface area contributed by atoms with Crippen LogP contribution in [-0.2, 0) is 22.5 Å². The Labute approximate surface area is 180 Å². The van der Waals surface area contributed by atoms with Crippen LogP contribution in [0.1, 0.15) is 36.2 Å². The lowest BCUT2D eigenvalue weighted by Crippen LogP contribution is -2.35. The maximum Gasteiger partial charge on any atom is 0.219 e. The molecule has 1 aromatic carbocycles. The number of hydrogen-bond acceptors (Lipinski definition) is 6. The van der Waals surface area contributed by atoms with Gasteiger partial charge in [-0.15, -0.1) is 0 Å². The number of hydrogen-bond donors (Lipinski definition) is 2. The van der Waals surface area contributed by atoms with Crippen LogP contribution in [0.4, 0.5) is 15.9 Å². The van der Waals surface area contributed by atoms with Crippen LogP contribution < -0.4 is 11.1 Å². The summed E-state index contributed by atoms with van der Waals surface area (Å²) in [5.41, 5.74) is 9.22. The van der Waals surface area contributed by atoms with Crippen molar-refractivity contribution in [2.75, 3.05) is 32.1 Å². The number of carbonyl (C=O) groups excluding carboxylic acids is 1. The van der Waals surface area contributed by atoms with Crippen LogP contribution in [0.2, 0.25) is 0 Å². The van der Waals surface area contributed by atoms with Gasteiger partial charge in [-0.3, -0.25) is 14.5 Å². The molecule has 0 spiro atoms. The Morgan fingerprint density at radius 3 is 2.94 bits per heavy atom. The van der Waals surface area contributed by atoms with Crippen LogP contribution in [0.5, 0.6) is 0 Å². The highest BCUT2D eigenvalue weighted by Crippen LogP contribution is 2.33. The molecule has 2 aliphatic rings. The summed E-state index contributed by atoms with van der Waals surface area (Å²) >= 11 is 0. The number of aromatic nitrogens is 2. The summed E-state index contributed by atoms with van der Waals surface area (Å²) in [6.07, 6.45) is 4.58. The summed E-state index contributed by atoms with van der Waals surface area (Å²) in [5.74, 6) is 0.167. The van der Waals surface area contributed by atoms with E-state index in [4.69, 9.17) is 15.6 Å². The Morgan fingerprint density at radius 1 is 1.45 bits per heavy atom. The largest absolute Gasteiger partial charge is 0.404 e. The van der Waals surface area contributed by atoms with E-state index in [0.29, 0.717) is 55.4 Å². The number of anilines is 2. The minimum atomic E-state index is -0.423. The number of nitrogens with zero attached hydrogens (tertiary/aromatic N) is 4. The monoisotopic (exact) mass is 426 g/mol. The van der Waals surface area contributed by atoms with E-state index in [1.165, 1.54) is 12.3 Å². The summed E-state index contributed by atoms with van der Waals surface area (Å²) in [5, 5.41) is 7.93. The number of fused-ring (bicyclic) bond motifs is 1. The molecule has 31 heavy (non-hydrogen) atoms. The topological polar surface area (TPSA) is 97.8 Å². The van der Waals surface area contributed by atoms with Gasteiger partial charge in [-0.2, -0.15) is 5.10 Å². The Hall–Kier alpha value is -3.20. The Kier molecular flexibility index (Phi) is 6.03. The minimum Gasteiger partial charge on any atom is -0.404 e. The standard InChI is InChI=1S/C22H27FN6O2/c1-14(30)28-7-5-21-18(12-28)22(27-29(21)17-6-8-31-13-17)26-20-4-3-15(9-19(20)23)16(10-24)11-25-2/h3-4,9-11,17H,5-8,12-13,24H2,1-2H3,(H,26,27)/b16-10+,25-11?/t17-/m0/s1. The number of ether oxygens (including phenoxy) is 1. The van der Waals surface area contributed by atoms with Gasteiger partial charge in [0, 0.05) is 62.8 Å². The second kappa shape index (κ2) is 8.89. The number of rotatable bonds is 5. The van der Waals surface area contributed by atoms with Gasteiger partial charge >= 0.3 is 0 Å². The lowest BCUT2D eigenvalue weighted by Gasteiger charge is -2.27. The quantitative estimate of drug-likeness (QED) is 0.717. The molecule has 8 nitrogen and oxygen atoms in total. The Morgan fingerprint density at radius 2 is 2.29 bits per heavy atom. The number of allylic oxidation sites excluding steroid dienone is 1. The molecule has 0 saturated carbocycles. The van der Waals surface area contributed by atoms with Gasteiger partial charge in [0.1, 0.15) is 5.82 Å². The predicted octanol–water partition coefficient (Wildman–Crippen LogP) is 2.63. The highest BCUT2D eigenvalue weighted by molar-refractivity contribution is 6.09. The maximum atomic E-state index is 14.9. The molecule has 1 atom stereocenters. The Bertz CT molecular complexity index is 1040. The first-order chi connectivity index (χ1) is 15.0. The van der Waals surface area contributed by atoms with Crippen molar-refractivity contribution >= 4 is 29.2 Å². The molecule has 164 valence electrons. The third-order valence-electron chi connectivity index (χ3n) is 5.79. The third-order valence-corrected chi connectivity index (χ3v) is 5.79. The SMILES string of the molecule is CN=C/C(=C\N)c1ccc(Nc2nn([C@H]3CCOC3)c3c2CN(C(C)=O)CC3)c(F)c1. The van der Waals surface area contributed by atoms with E-state index in [1.54, 1.807) is 37.2 Å². The lowest BCUT2D eigenvalue weighted by atomic mass is 10.1. The molecule has 1 saturated heterocycles. The minimum absolute atomic E-state index is 0.0165. The van der Waals surface area contributed by atoms with Gasteiger partial charge in [-0.1, -0.05) is 6.07 Å². The molecule has 0 radical (unpaired) electrons. The van der Waals surface area contributed by atoms with Crippen LogP contribution in [0.25, 0.3) is 5.57 Å². The third kappa shape index (κ3) is 4.18. The predicted molar refractivity (Wildman–Crippen MR) is 118 cm³/mol. The molecular weight excluding hydrogens is 399 g/mol. The lowest BCUT2D eigenvalue weighted by molar-refractivity contribution is -0.129. The summed E-state index contributed by atoms with van der Waals surface area (Å²) in [7, 11) is 1.63. The second-order valence-corrected chi connectivity index (χ2v) is 7.76. The van der Waals surface area contributed by atoms with E-state index >= 15 is 0 Å². The van der Waals surface area contributed by atoms with Crippen molar-refractivity contribution < 1.29 is 13.9 Å². The van der Waals surface area contributed by atoms with Gasteiger partial charge in [0.25, 0.3) is 0 Å². The summed E-state index contributed by atoms with van der Waals surface area (Å²) in [4.78, 5) is 17.7. The molecule has 2 aliphatic heterocycles. The number of benzene rings is 1. The van der Waals surface area contributed by atoms with Crippen molar-refractivity contribution in [2.24, 2.45) is 10.7 Å². The molecule has 1 aromatic heterocycles. The van der Waals surface area contributed by atoms with Crippen molar-refractivity contribution in [3.05, 3.63) is 47.0 Å². The van der Waals surface area contributed by atoms with Gasteiger partial charge in [0.15, 0.2) is 5.82 Å². The van der Waals surface area contributed by atoms with Crippen molar-refractivity contribution in [3.8, 4) is 0 Å². The summed E-state index contributed by atoms with van der Waals surface area (Å²) in [6, 6.07) is 5.01. The van der Waals surface area contributed by atoms with E-state index in [2.05, 4.69) is 10.3 Å². The van der Waals surface area contributed by atoms with Crippen LogP contribution >= 0.6 is 0 Å². The van der Waals surface area contributed by atoms with Gasteiger partial charge in [0.2, 0.25) is 5.91 Å². The van der Waals surface area contributed by atoms with Gasteiger partial charge < -0.3 is 20.7 Å². The van der Waals surface area contributed by atoms with Gasteiger partial charge in [-0.05, 0) is 24.1 Å². The first-order valence-corrected chi connectivity index (χ1v) is 10.4. The van der Waals surface area contributed by atoms with E-state index in [0.717, 1.165) is 17.7 Å². The van der Waals surface area contributed by atoms with Crippen molar-refractivity contribution in [3.63, 3.8) is 0 Å². The molecule has 2 aromatic rings. The molecule has 3 N–H and O–H groups in total. The molecule has 0 unspecified atom stereocenters. The van der Waals surface area contributed by atoms with Crippen LogP contribution in [-0.4, -0.2) is 53.6 Å². The molecule has 3 heterocycles. The number of carbonyl (C=O) groups is 1. The molecule has 1 fully saturated rings. The first-order valence-electron chi connectivity index (χ1n) is 10.4. The van der Waals surface area contributed by atoms with E-state index in [1.807, 2.05) is 4.68 Å². The van der Waals surface area contributed by atoms with Gasteiger partial charge in [0.05, 0.1) is 24.9 Å². The highest BCUT2D eigenvalue weighted by atomic mass is 19.1. The van der Waals surface area contributed by atoms with Crippen molar-refractivity contribution in [1.29, 1.82) is 0 Å². The van der Waals surface area contributed by atoms with Crippen LogP contribution in [0, 0.1) is 5.82 Å². The second-order valence-electron chi connectivity index (χ2n) is 7.76. The zero-order chi connectivity index (χ0) is 22.0. The summed E-state index contributed by atoms with van der Waals surface area (Å²) in [6.45, 7) is 3.98. The molecule has 4 rings (SSSR count). The van der Waals surface area contributed by atoms with E-state index < -0.39 is 5.82 Å². The number of aliphatic imine (C=N–C) groups is 1. The fraction of sp³-hybridized carbons (Fsp3) is 0.409. The fourth-order valence-electron chi connectivity index (χ4n) is 4.11. The summed E-state index contributed by atoms with van der Waals surface area (Å²) < 4.78 is 22.5. The first kappa shape index (κ1) is 21.0. The zero-order valence-electron chi connectivity index (χ0n) is 17.8. The fourth-order valence-corrected chi connectivity index (χ4v) is 4.11. The van der Waals surface area contributed by atoms with Crippen LogP contribution in [0.3, 0.4) is 0 Å². The smallest absolute Gasteiger partial charge is 0.219 e. The normalized spacial score (nSPS) is 19.1. The molecule has 0 aliphatic carbocycles. The average molecular weight is 426 g/mol. The van der Waals surface area contributed by atoms with E-state index in [-0.39, 0.29) is 11.9 Å². The number of halogens is 1. The number of nitrogens with two attached hydrogens (primary N) is 1. The Balaban J connectivity index is 1.67. The number of amides is 1. The average Bonchev–Trinajstić information content (AvgIpc) is 3.41. The van der Waals surface area contributed by atoms with Crippen LogP contribution in [0.15, 0.2) is 29.4 Å². The van der Waals surface area contributed by atoms with Crippen molar-refractivity contribution in [2.45, 2.75) is 32.4 Å². The highest BCUT2D eigenvalue weighted by Gasteiger charge is 2.30. The molecular formula is C22H27FN6O2. The van der Waals surface area contributed by atoms with Crippen molar-refractivity contribution in [1.82, 2.24) is 14.7 Å². The molecule has 0 bridgehead atoms. The van der Waals surface area contributed by atoms with Gasteiger partial charge in [-0.25, -0.2) is 4.39 Å². The molecule has 1 amide bonds. The molecule has 9 heteroatoms. The maximum absolute atomic E-state index is 14.9. The zero-order valence-corrected chi connectivity index (χ0v) is 17.8.